The average molecular weight is 225 g/mol. The second kappa shape index (κ2) is 3.95. The van der Waals surface area contributed by atoms with E-state index in [2.05, 4.69) is 15.1 Å². The minimum Gasteiger partial charge on any atom is -0.325 e. The lowest BCUT2D eigenvalue weighted by Crippen LogP contribution is -2.09. The molecule has 0 aliphatic rings. The molecule has 2 heterocycles. The minimum atomic E-state index is 0.345. The van der Waals surface area contributed by atoms with Crippen LogP contribution in [0.1, 0.15) is 5.69 Å². The molecule has 0 spiro atoms. The maximum atomic E-state index is 5.66. The molecule has 0 aliphatic heterocycles. The first-order chi connectivity index (χ1) is 8.40. The summed E-state index contributed by atoms with van der Waals surface area (Å²) in [6.07, 6.45) is 5.09. The van der Waals surface area contributed by atoms with Gasteiger partial charge in [-0.15, -0.1) is 0 Å². The van der Waals surface area contributed by atoms with Crippen molar-refractivity contribution >= 4 is 10.9 Å². The lowest BCUT2D eigenvalue weighted by atomic mass is 10.2. The SMILES string of the molecule is NCc1nccnc1-n1ncc2ccccc21. The molecule has 84 valence electrons. The fourth-order valence-electron chi connectivity index (χ4n) is 1.82. The summed E-state index contributed by atoms with van der Waals surface area (Å²) in [6, 6.07) is 7.96. The summed E-state index contributed by atoms with van der Waals surface area (Å²) >= 11 is 0. The standard InChI is InChI=1S/C12H11N5/c13-7-10-12(15-6-5-14-10)17-11-4-2-1-3-9(11)8-16-17/h1-6,8H,7,13H2. The summed E-state index contributed by atoms with van der Waals surface area (Å²) in [5.74, 6) is 0.691. The van der Waals surface area contributed by atoms with Gasteiger partial charge >= 0.3 is 0 Å². The zero-order chi connectivity index (χ0) is 11.7. The molecule has 0 saturated heterocycles. The van der Waals surface area contributed by atoms with Gasteiger partial charge in [0.2, 0.25) is 0 Å². The van der Waals surface area contributed by atoms with Crippen LogP contribution in [0.4, 0.5) is 0 Å². The van der Waals surface area contributed by atoms with Crippen LogP contribution in [0.15, 0.2) is 42.9 Å². The van der Waals surface area contributed by atoms with E-state index in [1.165, 1.54) is 0 Å². The summed E-state index contributed by atoms with van der Waals surface area (Å²) in [4.78, 5) is 8.51. The molecular formula is C12H11N5. The van der Waals surface area contributed by atoms with Gasteiger partial charge in [0.1, 0.15) is 0 Å². The molecule has 5 nitrogen and oxygen atoms in total. The first-order valence-corrected chi connectivity index (χ1v) is 5.33. The van der Waals surface area contributed by atoms with Gasteiger partial charge in [0.15, 0.2) is 5.82 Å². The van der Waals surface area contributed by atoms with E-state index in [-0.39, 0.29) is 0 Å². The Bertz CT molecular complexity index is 659. The van der Waals surface area contributed by atoms with Crippen molar-refractivity contribution in [2.75, 3.05) is 0 Å². The number of hydrogen-bond acceptors (Lipinski definition) is 4. The van der Waals surface area contributed by atoms with Gasteiger partial charge in [0.05, 0.1) is 17.4 Å². The van der Waals surface area contributed by atoms with Crippen LogP contribution in [-0.4, -0.2) is 19.7 Å². The number of aromatic nitrogens is 4. The van der Waals surface area contributed by atoms with Gasteiger partial charge in [0.25, 0.3) is 0 Å². The van der Waals surface area contributed by atoms with E-state index in [4.69, 9.17) is 5.73 Å². The number of para-hydroxylation sites is 1. The summed E-state index contributed by atoms with van der Waals surface area (Å²) < 4.78 is 1.77. The van der Waals surface area contributed by atoms with E-state index in [0.717, 1.165) is 16.6 Å². The van der Waals surface area contributed by atoms with Crippen molar-refractivity contribution in [1.82, 2.24) is 19.7 Å². The molecule has 0 amide bonds. The molecular weight excluding hydrogens is 214 g/mol. The van der Waals surface area contributed by atoms with E-state index >= 15 is 0 Å². The molecule has 17 heavy (non-hydrogen) atoms. The number of nitrogens with two attached hydrogens (primary N) is 1. The molecule has 0 fully saturated rings. The molecule has 1 aromatic carbocycles. The first-order valence-electron chi connectivity index (χ1n) is 5.33. The van der Waals surface area contributed by atoms with Gasteiger partial charge in [-0.3, -0.25) is 4.98 Å². The second-order valence-electron chi connectivity index (χ2n) is 3.65. The van der Waals surface area contributed by atoms with Gasteiger partial charge in [-0.2, -0.15) is 5.10 Å². The van der Waals surface area contributed by atoms with Crippen LogP contribution in [0.5, 0.6) is 0 Å². The highest BCUT2D eigenvalue weighted by molar-refractivity contribution is 5.79. The van der Waals surface area contributed by atoms with E-state index in [1.807, 2.05) is 30.5 Å². The molecule has 3 aromatic rings. The van der Waals surface area contributed by atoms with Crippen LogP contribution in [-0.2, 0) is 6.54 Å². The van der Waals surface area contributed by atoms with Crippen LogP contribution in [0.2, 0.25) is 0 Å². The molecule has 5 heteroatoms. The predicted molar refractivity (Wildman–Crippen MR) is 64.6 cm³/mol. The number of fused-ring (bicyclic) bond motifs is 1. The predicted octanol–water partition coefficient (Wildman–Crippen LogP) is 1.27. The summed E-state index contributed by atoms with van der Waals surface area (Å²) in [7, 11) is 0. The molecule has 0 saturated carbocycles. The van der Waals surface area contributed by atoms with Gasteiger partial charge < -0.3 is 5.73 Å². The largest absolute Gasteiger partial charge is 0.325 e. The second-order valence-corrected chi connectivity index (χ2v) is 3.65. The average Bonchev–Trinajstić information content (AvgIpc) is 2.82. The third kappa shape index (κ3) is 1.57. The molecule has 0 atom stereocenters. The molecule has 3 rings (SSSR count). The van der Waals surface area contributed by atoms with Crippen molar-refractivity contribution in [3.63, 3.8) is 0 Å². The van der Waals surface area contributed by atoms with Crippen molar-refractivity contribution in [3.8, 4) is 5.82 Å². The highest BCUT2D eigenvalue weighted by Gasteiger charge is 2.09. The van der Waals surface area contributed by atoms with Crippen LogP contribution in [0, 0.1) is 0 Å². The number of benzene rings is 1. The highest BCUT2D eigenvalue weighted by Crippen LogP contribution is 2.17. The van der Waals surface area contributed by atoms with Crippen LogP contribution < -0.4 is 5.73 Å². The van der Waals surface area contributed by atoms with Crippen molar-refractivity contribution in [1.29, 1.82) is 0 Å². The third-order valence-electron chi connectivity index (χ3n) is 2.62. The molecule has 0 aliphatic carbocycles. The monoisotopic (exact) mass is 225 g/mol. The Labute approximate surface area is 97.9 Å². The van der Waals surface area contributed by atoms with Gasteiger partial charge in [-0.05, 0) is 6.07 Å². The van der Waals surface area contributed by atoms with E-state index in [0.29, 0.717) is 12.4 Å². The molecule has 2 aromatic heterocycles. The van der Waals surface area contributed by atoms with Crippen molar-refractivity contribution in [2.45, 2.75) is 6.54 Å². The Morgan fingerprint density at radius 2 is 1.94 bits per heavy atom. The lowest BCUT2D eigenvalue weighted by molar-refractivity contribution is 0.823. The Kier molecular flexibility index (Phi) is 2.31. The smallest absolute Gasteiger partial charge is 0.177 e. The highest BCUT2D eigenvalue weighted by atomic mass is 15.3. The summed E-state index contributed by atoms with van der Waals surface area (Å²) in [6.45, 7) is 0.345. The minimum absolute atomic E-state index is 0.345. The Balaban J connectivity index is 2.27. The Morgan fingerprint density at radius 1 is 1.12 bits per heavy atom. The fraction of sp³-hybridized carbons (Fsp3) is 0.0833. The van der Waals surface area contributed by atoms with Crippen LogP contribution in [0.25, 0.3) is 16.7 Å². The maximum Gasteiger partial charge on any atom is 0.177 e. The van der Waals surface area contributed by atoms with Gasteiger partial charge in [0, 0.05) is 24.3 Å². The lowest BCUT2D eigenvalue weighted by Gasteiger charge is -2.06. The van der Waals surface area contributed by atoms with Crippen LogP contribution >= 0.6 is 0 Å². The zero-order valence-corrected chi connectivity index (χ0v) is 9.11. The van der Waals surface area contributed by atoms with E-state index in [9.17, 15) is 0 Å². The van der Waals surface area contributed by atoms with Crippen LogP contribution in [0.3, 0.4) is 0 Å². The third-order valence-corrected chi connectivity index (χ3v) is 2.62. The summed E-state index contributed by atoms with van der Waals surface area (Å²) in [5.41, 5.74) is 7.40. The number of nitrogens with zero attached hydrogens (tertiary/aromatic N) is 4. The summed E-state index contributed by atoms with van der Waals surface area (Å²) in [5, 5.41) is 5.40. The normalized spacial score (nSPS) is 10.9. The van der Waals surface area contributed by atoms with Crippen molar-refractivity contribution < 1.29 is 0 Å². The molecule has 0 radical (unpaired) electrons. The van der Waals surface area contributed by atoms with Crippen molar-refractivity contribution in [3.05, 3.63) is 48.5 Å². The van der Waals surface area contributed by atoms with Crippen molar-refractivity contribution in [2.24, 2.45) is 5.73 Å². The quantitative estimate of drug-likeness (QED) is 0.713. The zero-order valence-electron chi connectivity index (χ0n) is 9.11. The Morgan fingerprint density at radius 3 is 2.82 bits per heavy atom. The fourth-order valence-corrected chi connectivity index (χ4v) is 1.82. The topological polar surface area (TPSA) is 69.6 Å². The van der Waals surface area contributed by atoms with Gasteiger partial charge in [-0.1, -0.05) is 18.2 Å². The van der Waals surface area contributed by atoms with Gasteiger partial charge in [-0.25, -0.2) is 9.67 Å². The van der Waals surface area contributed by atoms with E-state index < -0.39 is 0 Å². The molecule has 2 N–H and O–H groups in total. The van der Waals surface area contributed by atoms with E-state index in [1.54, 1.807) is 17.1 Å². The number of rotatable bonds is 2. The maximum absolute atomic E-state index is 5.66. The molecule has 0 bridgehead atoms. The first kappa shape index (κ1) is 9.92. The molecule has 0 unspecified atom stereocenters. The Hall–Kier alpha value is -2.27. The number of hydrogen-bond donors (Lipinski definition) is 1.